The molecule has 0 aliphatic rings. The minimum absolute atomic E-state index is 0.0803. The summed E-state index contributed by atoms with van der Waals surface area (Å²) in [7, 11) is 0. The highest BCUT2D eigenvalue weighted by atomic mass is 79.9. The Morgan fingerprint density at radius 1 is 1.42 bits per heavy atom. The molecule has 0 saturated heterocycles. The largest absolute Gasteiger partial charge is 0.481 e. The molecule has 0 aliphatic carbocycles. The number of carbonyl (C=O) groups is 2. The zero-order chi connectivity index (χ0) is 14.6. The fourth-order valence-electron chi connectivity index (χ4n) is 1.92. The van der Waals surface area contributed by atoms with E-state index in [1.54, 1.807) is 25.1 Å². The third kappa shape index (κ3) is 4.24. The molecule has 0 saturated carbocycles. The van der Waals surface area contributed by atoms with E-state index in [-0.39, 0.29) is 18.4 Å². The van der Waals surface area contributed by atoms with Crippen molar-refractivity contribution in [3.05, 3.63) is 28.2 Å². The zero-order valence-electron chi connectivity index (χ0n) is 10.9. The van der Waals surface area contributed by atoms with Crippen molar-refractivity contribution in [2.45, 2.75) is 26.3 Å². The van der Waals surface area contributed by atoms with E-state index in [1.165, 1.54) is 4.90 Å². The monoisotopic (exact) mass is 328 g/mol. The third-order valence-electron chi connectivity index (χ3n) is 2.77. The van der Waals surface area contributed by atoms with Gasteiger partial charge in [-0.15, -0.1) is 0 Å². The van der Waals surface area contributed by atoms with Crippen LogP contribution in [0.5, 0.6) is 0 Å². The van der Waals surface area contributed by atoms with Gasteiger partial charge in [0.25, 0.3) is 5.91 Å². The first-order chi connectivity index (χ1) is 8.85. The number of hydrogen-bond acceptors (Lipinski definition) is 3. The smallest absolute Gasteiger partial charge is 0.305 e. The molecule has 0 fully saturated rings. The molecule has 104 valence electrons. The molecule has 5 nitrogen and oxygen atoms in total. The Kier molecular flexibility index (Phi) is 5.35. The summed E-state index contributed by atoms with van der Waals surface area (Å²) in [6.45, 7) is 3.98. The number of carboxylic acid groups (broad SMARTS) is 1. The van der Waals surface area contributed by atoms with Gasteiger partial charge in [0.2, 0.25) is 0 Å². The minimum atomic E-state index is -0.924. The van der Waals surface area contributed by atoms with Crippen molar-refractivity contribution in [3.63, 3.8) is 0 Å². The number of carboxylic acids is 1. The summed E-state index contributed by atoms with van der Waals surface area (Å²) >= 11 is 3.28. The van der Waals surface area contributed by atoms with Gasteiger partial charge in [-0.1, -0.05) is 15.9 Å². The topological polar surface area (TPSA) is 83.6 Å². The predicted octanol–water partition coefficient (Wildman–Crippen LogP) is 2.36. The first-order valence-corrected chi connectivity index (χ1v) is 6.73. The Morgan fingerprint density at radius 2 is 2.05 bits per heavy atom. The van der Waals surface area contributed by atoms with Gasteiger partial charge in [0.05, 0.1) is 6.42 Å². The maximum Gasteiger partial charge on any atom is 0.305 e. The van der Waals surface area contributed by atoms with Crippen molar-refractivity contribution >= 4 is 33.5 Å². The average molecular weight is 329 g/mol. The van der Waals surface area contributed by atoms with E-state index in [0.29, 0.717) is 17.8 Å². The number of rotatable bonds is 5. The lowest BCUT2D eigenvalue weighted by molar-refractivity contribution is -0.138. The van der Waals surface area contributed by atoms with Crippen molar-refractivity contribution in [3.8, 4) is 0 Å². The summed E-state index contributed by atoms with van der Waals surface area (Å²) < 4.78 is 0.720. The fourth-order valence-corrected chi connectivity index (χ4v) is 2.43. The van der Waals surface area contributed by atoms with E-state index in [1.807, 2.05) is 6.92 Å². The standard InChI is InChI=1S/C13H17BrN2O3/c1-3-16(8(2)4-12(17)18)13(19)9-5-10(14)7-11(15)6-9/h5-8H,3-4,15H2,1-2H3,(H,17,18). The van der Waals surface area contributed by atoms with Gasteiger partial charge in [-0.3, -0.25) is 9.59 Å². The summed E-state index contributed by atoms with van der Waals surface area (Å²) in [4.78, 5) is 24.6. The number of halogens is 1. The van der Waals surface area contributed by atoms with Gasteiger partial charge in [-0.25, -0.2) is 0 Å². The molecule has 1 amide bonds. The number of carbonyl (C=O) groups excluding carboxylic acids is 1. The molecule has 0 radical (unpaired) electrons. The van der Waals surface area contributed by atoms with Gasteiger partial charge in [-0.05, 0) is 32.0 Å². The maximum absolute atomic E-state index is 12.4. The lowest BCUT2D eigenvalue weighted by atomic mass is 10.1. The van der Waals surface area contributed by atoms with Crippen LogP contribution < -0.4 is 5.73 Å². The van der Waals surface area contributed by atoms with E-state index in [4.69, 9.17) is 10.8 Å². The molecule has 0 aliphatic heterocycles. The number of hydrogen-bond donors (Lipinski definition) is 2. The quantitative estimate of drug-likeness (QED) is 0.812. The van der Waals surface area contributed by atoms with Crippen molar-refractivity contribution in [2.24, 2.45) is 0 Å². The second kappa shape index (κ2) is 6.56. The van der Waals surface area contributed by atoms with Crippen LogP contribution >= 0.6 is 15.9 Å². The van der Waals surface area contributed by atoms with Crippen LogP contribution in [0.15, 0.2) is 22.7 Å². The van der Waals surface area contributed by atoms with Crippen LogP contribution in [-0.4, -0.2) is 34.5 Å². The summed E-state index contributed by atoms with van der Waals surface area (Å²) in [5.74, 6) is -1.14. The molecule has 1 rings (SSSR count). The molecule has 1 aromatic rings. The van der Waals surface area contributed by atoms with E-state index < -0.39 is 5.97 Å². The van der Waals surface area contributed by atoms with Gasteiger partial charge in [0, 0.05) is 28.3 Å². The molecule has 0 bridgehead atoms. The maximum atomic E-state index is 12.4. The normalized spacial score (nSPS) is 11.9. The fraction of sp³-hybridized carbons (Fsp3) is 0.385. The van der Waals surface area contributed by atoms with E-state index in [2.05, 4.69) is 15.9 Å². The molecule has 0 aromatic heterocycles. The number of anilines is 1. The summed E-state index contributed by atoms with van der Waals surface area (Å²) in [5.41, 5.74) is 6.64. The van der Waals surface area contributed by atoms with E-state index >= 15 is 0 Å². The van der Waals surface area contributed by atoms with Gasteiger partial charge >= 0.3 is 5.97 Å². The van der Waals surface area contributed by atoms with Crippen molar-refractivity contribution < 1.29 is 14.7 Å². The molecule has 0 heterocycles. The highest BCUT2D eigenvalue weighted by molar-refractivity contribution is 9.10. The lowest BCUT2D eigenvalue weighted by Crippen LogP contribution is -2.39. The molecule has 1 unspecified atom stereocenters. The molecule has 6 heteroatoms. The number of benzene rings is 1. The highest BCUT2D eigenvalue weighted by Crippen LogP contribution is 2.19. The van der Waals surface area contributed by atoms with Crippen LogP contribution in [0.2, 0.25) is 0 Å². The molecule has 0 spiro atoms. The Labute approximate surface area is 120 Å². The molecular weight excluding hydrogens is 312 g/mol. The summed E-state index contributed by atoms with van der Waals surface area (Å²) in [6, 6.07) is 4.60. The second-order valence-electron chi connectivity index (χ2n) is 4.31. The van der Waals surface area contributed by atoms with Gasteiger partial charge in [0.1, 0.15) is 0 Å². The zero-order valence-corrected chi connectivity index (χ0v) is 12.5. The van der Waals surface area contributed by atoms with Crippen molar-refractivity contribution in [1.29, 1.82) is 0 Å². The molecule has 1 aromatic carbocycles. The first kappa shape index (κ1) is 15.5. The lowest BCUT2D eigenvalue weighted by Gasteiger charge is -2.27. The third-order valence-corrected chi connectivity index (χ3v) is 3.23. The van der Waals surface area contributed by atoms with E-state index in [9.17, 15) is 9.59 Å². The van der Waals surface area contributed by atoms with Crippen molar-refractivity contribution in [2.75, 3.05) is 12.3 Å². The SMILES string of the molecule is CCN(C(=O)c1cc(N)cc(Br)c1)C(C)CC(=O)O. The highest BCUT2D eigenvalue weighted by Gasteiger charge is 2.22. The van der Waals surface area contributed by atoms with Crippen LogP contribution in [0, 0.1) is 0 Å². The second-order valence-corrected chi connectivity index (χ2v) is 5.23. The average Bonchev–Trinajstić information content (AvgIpc) is 2.27. The number of nitrogen functional groups attached to an aromatic ring is 1. The minimum Gasteiger partial charge on any atom is -0.481 e. The van der Waals surface area contributed by atoms with Crippen LogP contribution in [0.4, 0.5) is 5.69 Å². The van der Waals surface area contributed by atoms with Crippen LogP contribution in [-0.2, 0) is 4.79 Å². The van der Waals surface area contributed by atoms with Crippen LogP contribution in [0.1, 0.15) is 30.6 Å². The summed E-state index contributed by atoms with van der Waals surface area (Å²) in [5, 5.41) is 8.80. The van der Waals surface area contributed by atoms with Gasteiger partial charge < -0.3 is 15.7 Å². The number of aliphatic carboxylic acids is 1. The van der Waals surface area contributed by atoms with Gasteiger partial charge in [0.15, 0.2) is 0 Å². The van der Waals surface area contributed by atoms with E-state index in [0.717, 1.165) is 4.47 Å². The Balaban J connectivity index is 2.97. The Hall–Kier alpha value is -1.56. The van der Waals surface area contributed by atoms with Gasteiger partial charge in [-0.2, -0.15) is 0 Å². The van der Waals surface area contributed by atoms with Crippen LogP contribution in [0.3, 0.4) is 0 Å². The molecular formula is C13H17BrN2O3. The Bertz CT molecular complexity index is 471. The Morgan fingerprint density at radius 3 is 2.53 bits per heavy atom. The molecule has 19 heavy (non-hydrogen) atoms. The van der Waals surface area contributed by atoms with Crippen LogP contribution in [0.25, 0.3) is 0 Å². The first-order valence-electron chi connectivity index (χ1n) is 5.94. The predicted molar refractivity (Wildman–Crippen MR) is 77.0 cm³/mol. The molecule has 3 N–H and O–H groups in total. The number of nitrogens with zero attached hydrogens (tertiary/aromatic N) is 1. The number of nitrogens with two attached hydrogens (primary N) is 1. The summed E-state index contributed by atoms with van der Waals surface area (Å²) in [6.07, 6.45) is -0.0803. The molecule has 1 atom stereocenters. The van der Waals surface area contributed by atoms with Crippen molar-refractivity contribution in [1.82, 2.24) is 4.90 Å². The number of amides is 1.